The van der Waals surface area contributed by atoms with E-state index < -0.39 is 11.8 Å². The van der Waals surface area contributed by atoms with Crippen LogP contribution in [0.25, 0.3) is 33.1 Å². The van der Waals surface area contributed by atoms with Crippen LogP contribution in [0.15, 0.2) is 71.8 Å². The highest BCUT2D eigenvalue weighted by Gasteiger charge is 2.15. The summed E-state index contributed by atoms with van der Waals surface area (Å²) >= 11 is 0. The standard InChI is InChI=1S/C24H18FN7O2/c1-32-21-15(12-28-23(26)31-21)10-16(22(32)33)14-7-8-17(25)19(11-14)30-24(34)29-18-6-2-4-13-5-3-9-27-20(13)18/h2-12H,1H3,(H2,26,28,31)(H2,29,30,34). The third-order valence-corrected chi connectivity index (χ3v) is 5.37. The number of anilines is 3. The number of rotatable bonds is 3. The number of aryl methyl sites for hydroxylation is 1. The fraction of sp³-hybridized carbons (Fsp3) is 0.0417. The minimum atomic E-state index is -0.649. The Hall–Kier alpha value is -4.86. The largest absolute Gasteiger partial charge is 0.368 e. The van der Waals surface area contributed by atoms with E-state index in [-0.39, 0.29) is 17.2 Å². The molecule has 34 heavy (non-hydrogen) atoms. The molecule has 0 bridgehead atoms. The lowest BCUT2D eigenvalue weighted by Crippen LogP contribution is -2.21. The van der Waals surface area contributed by atoms with Gasteiger partial charge < -0.3 is 16.4 Å². The lowest BCUT2D eigenvalue weighted by molar-refractivity contribution is 0.262. The predicted molar refractivity (Wildman–Crippen MR) is 129 cm³/mol. The van der Waals surface area contributed by atoms with Crippen LogP contribution in [0.3, 0.4) is 0 Å². The van der Waals surface area contributed by atoms with E-state index in [0.717, 1.165) is 5.39 Å². The van der Waals surface area contributed by atoms with Crippen molar-refractivity contribution in [3.63, 3.8) is 0 Å². The molecule has 0 saturated carbocycles. The Morgan fingerprint density at radius 3 is 2.65 bits per heavy atom. The molecule has 9 nitrogen and oxygen atoms in total. The highest BCUT2D eigenvalue weighted by molar-refractivity contribution is 6.05. The molecule has 2 aromatic carbocycles. The maximum atomic E-state index is 14.5. The molecule has 3 aromatic heterocycles. The summed E-state index contributed by atoms with van der Waals surface area (Å²) in [5.74, 6) is -0.598. The number of carbonyl (C=O) groups is 1. The van der Waals surface area contributed by atoms with Crippen molar-refractivity contribution in [1.29, 1.82) is 0 Å². The molecule has 0 unspecified atom stereocenters. The zero-order valence-corrected chi connectivity index (χ0v) is 17.9. The quantitative estimate of drug-likeness (QED) is 0.378. The van der Waals surface area contributed by atoms with Crippen molar-refractivity contribution in [2.45, 2.75) is 0 Å². The Labute approximate surface area is 192 Å². The third kappa shape index (κ3) is 3.77. The molecule has 3 heterocycles. The Balaban J connectivity index is 1.48. The number of carbonyl (C=O) groups excluding carboxylic acids is 1. The van der Waals surface area contributed by atoms with Crippen molar-refractivity contribution >= 4 is 45.3 Å². The molecule has 5 rings (SSSR count). The van der Waals surface area contributed by atoms with Crippen LogP contribution in [0.1, 0.15) is 0 Å². The van der Waals surface area contributed by atoms with Gasteiger partial charge in [-0.15, -0.1) is 0 Å². The summed E-state index contributed by atoms with van der Waals surface area (Å²) in [6.07, 6.45) is 3.13. The van der Waals surface area contributed by atoms with E-state index in [2.05, 4.69) is 25.6 Å². The van der Waals surface area contributed by atoms with Crippen LogP contribution in [0.5, 0.6) is 0 Å². The first-order chi connectivity index (χ1) is 16.4. The van der Waals surface area contributed by atoms with E-state index in [0.29, 0.717) is 33.4 Å². The normalized spacial score (nSPS) is 11.0. The number of para-hydroxylation sites is 1. The fourth-order valence-electron chi connectivity index (χ4n) is 3.74. The zero-order valence-electron chi connectivity index (χ0n) is 17.9. The van der Waals surface area contributed by atoms with Gasteiger partial charge in [0.2, 0.25) is 5.95 Å². The van der Waals surface area contributed by atoms with Crippen LogP contribution < -0.4 is 21.9 Å². The Morgan fingerprint density at radius 1 is 1.00 bits per heavy atom. The van der Waals surface area contributed by atoms with Crippen LogP contribution in [-0.2, 0) is 7.05 Å². The molecule has 0 radical (unpaired) electrons. The molecule has 0 aliphatic heterocycles. The molecule has 10 heteroatoms. The van der Waals surface area contributed by atoms with Gasteiger partial charge in [0.05, 0.1) is 16.9 Å². The van der Waals surface area contributed by atoms with Crippen molar-refractivity contribution in [3.05, 3.63) is 83.2 Å². The summed E-state index contributed by atoms with van der Waals surface area (Å²) in [5, 5.41) is 6.65. The fourth-order valence-corrected chi connectivity index (χ4v) is 3.74. The number of aromatic nitrogens is 4. The molecular weight excluding hydrogens is 437 g/mol. The summed E-state index contributed by atoms with van der Waals surface area (Å²) in [5.41, 5.74) is 7.38. The van der Waals surface area contributed by atoms with Crippen molar-refractivity contribution in [3.8, 4) is 11.1 Å². The maximum absolute atomic E-state index is 14.5. The number of urea groups is 1. The number of nitrogens with zero attached hydrogens (tertiary/aromatic N) is 4. The molecule has 0 saturated heterocycles. The van der Waals surface area contributed by atoms with Crippen LogP contribution in [-0.4, -0.2) is 25.6 Å². The molecule has 0 aliphatic rings. The lowest BCUT2D eigenvalue weighted by atomic mass is 10.1. The van der Waals surface area contributed by atoms with Gasteiger partial charge in [-0.05, 0) is 35.9 Å². The van der Waals surface area contributed by atoms with Gasteiger partial charge in [0.1, 0.15) is 11.5 Å². The first kappa shape index (κ1) is 21.0. The van der Waals surface area contributed by atoms with Crippen LogP contribution in [0.2, 0.25) is 0 Å². The van der Waals surface area contributed by atoms with Crippen molar-refractivity contribution in [2.75, 3.05) is 16.4 Å². The SMILES string of the molecule is Cn1c(=O)c(-c2ccc(F)c(NC(=O)Nc3cccc4cccnc34)c2)cc2cnc(N)nc21. The summed E-state index contributed by atoms with van der Waals surface area (Å²) < 4.78 is 15.9. The Bertz CT molecular complexity index is 1640. The second-order valence-electron chi connectivity index (χ2n) is 7.58. The summed E-state index contributed by atoms with van der Waals surface area (Å²) in [7, 11) is 1.56. The molecule has 168 valence electrons. The van der Waals surface area contributed by atoms with E-state index in [1.165, 1.54) is 29.0 Å². The Kier molecular flexibility index (Phi) is 5.09. The van der Waals surface area contributed by atoms with Gasteiger partial charge in [0, 0.05) is 35.8 Å². The topological polar surface area (TPSA) is 128 Å². The number of benzene rings is 2. The van der Waals surface area contributed by atoms with E-state index in [9.17, 15) is 14.0 Å². The summed E-state index contributed by atoms with van der Waals surface area (Å²) in [6.45, 7) is 0. The number of nitrogens with one attached hydrogen (secondary N) is 2. The van der Waals surface area contributed by atoms with E-state index in [1.807, 2.05) is 12.1 Å². The van der Waals surface area contributed by atoms with Crippen LogP contribution >= 0.6 is 0 Å². The first-order valence-corrected chi connectivity index (χ1v) is 10.2. The van der Waals surface area contributed by atoms with E-state index in [1.54, 1.807) is 37.5 Å². The number of halogens is 1. The molecule has 5 aromatic rings. The number of hydrogen-bond donors (Lipinski definition) is 3. The lowest BCUT2D eigenvalue weighted by Gasteiger charge is -2.12. The van der Waals surface area contributed by atoms with Crippen LogP contribution in [0.4, 0.5) is 26.5 Å². The summed E-state index contributed by atoms with van der Waals surface area (Å²) in [6, 6.07) is 14.0. The van der Waals surface area contributed by atoms with Crippen molar-refractivity contribution < 1.29 is 9.18 Å². The number of nitrogen functional groups attached to an aromatic ring is 1. The molecular formula is C24H18FN7O2. The first-order valence-electron chi connectivity index (χ1n) is 10.2. The van der Waals surface area contributed by atoms with Crippen molar-refractivity contribution in [1.82, 2.24) is 19.5 Å². The van der Waals surface area contributed by atoms with E-state index >= 15 is 0 Å². The van der Waals surface area contributed by atoms with Gasteiger partial charge in [0.15, 0.2) is 0 Å². The molecule has 0 fully saturated rings. The van der Waals surface area contributed by atoms with Crippen LogP contribution in [0, 0.1) is 5.82 Å². The van der Waals surface area contributed by atoms with Crippen molar-refractivity contribution in [2.24, 2.45) is 7.05 Å². The number of amides is 2. The third-order valence-electron chi connectivity index (χ3n) is 5.37. The molecule has 0 spiro atoms. The number of hydrogen-bond acceptors (Lipinski definition) is 6. The molecule has 0 atom stereocenters. The monoisotopic (exact) mass is 455 g/mol. The van der Waals surface area contributed by atoms with E-state index in [4.69, 9.17) is 5.73 Å². The van der Waals surface area contributed by atoms with Gasteiger partial charge in [-0.1, -0.05) is 24.3 Å². The maximum Gasteiger partial charge on any atom is 0.323 e. The average molecular weight is 455 g/mol. The van der Waals surface area contributed by atoms with Gasteiger partial charge in [0.25, 0.3) is 5.56 Å². The second-order valence-corrected chi connectivity index (χ2v) is 7.58. The molecule has 2 amide bonds. The summed E-state index contributed by atoms with van der Waals surface area (Å²) in [4.78, 5) is 37.9. The minimum absolute atomic E-state index is 0.0518. The highest BCUT2D eigenvalue weighted by Crippen LogP contribution is 2.26. The second kappa shape index (κ2) is 8.24. The smallest absolute Gasteiger partial charge is 0.323 e. The molecule has 4 N–H and O–H groups in total. The number of pyridine rings is 2. The molecule has 0 aliphatic carbocycles. The van der Waals surface area contributed by atoms with Gasteiger partial charge in [-0.3, -0.25) is 14.3 Å². The zero-order chi connectivity index (χ0) is 23.8. The minimum Gasteiger partial charge on any atom is -0.368 e. The van der Waals surface area contributed by atoms with Gasteiger partial charge >= 0.3 is 6.03 Å². The predicted octanol–water partition coefficient (Wildman–Crippen LogP) is 3.91. The van der Waals surface area contributed by atoms with Gasteiger partial charge in [-0.25, -0.2) is 14.2 Å². The number of nitrogens with two attached hydrogens (primary N) is 1. The highest BCUT2D eigenvalue weighted by atomic mass is 19.1. The Morgan fingerprint density at radius 2 is 1.79 bits per heavy atom. The average Bonchev–Trinajstić information content (AvgIpc) is 2.83. The van der Waals surface area contributed by atoms with Gasteiger partial charge in [-0.2, -0.15) is 4.98 Å². The number of fused-ring (bicyclic) bond motifs is 2.